The van der Waals surface area contributed by atoms with Gasteiger partial charge < -0.3 is 10.6 Å². The van der Waals surface area contributed by atoms with E-state index in [1.165, 1.54) is 6.07 Å². The van der Waals surface area contributed by atoms with Crippen LogP contribution in [-0.2, 0) is 6.18 Å². The molecule has 1 rings (SSSR count). The van der Waals surface area contributed by atoms with Gasteiger partial charge in [-0.15, -0.1) is 0 Å². The van der Waals surface area contributed by atoms with Crippen molar-refractivity contribution in [2.45, 2.75) is 46.2 Å². The molecule has 1 aromatic rings. The zero-order chi connectivity index (χ0) is 15.9. The minimum absolute atomic E-state index is 0.185. The smallest absolute Gasteiger partial charge is 0.370 e. The van der Waals surface area contributed by atoms with Crippen LogP contribution in [0.2, 0.25) is 0 Å². The number of nitrogens with one attached hydrogen (secondary N) is 2. The lowest BCUT2D eigenvalue weighted by atomic mass is 10.1. The molecule has 0 radical (unpaired) electrons. The van der Waals surface area contributed by atoms with Gasteiger partial charge in [-0.3, -0.25) is 0 Å². The average Bonchev–Trinajstić information content (AvgIpc) is 2.37. The van der Waals surface area contributed by atoms with E-state index in [0.29, 0.717) is 19.0 Å². The Morgan fingerprint density at radius 1 is 1.10 bits per heavy atom. The fraction of sp³-hybridized carbons (Fsp3) is 0.714. The van der Waals surface area contributed by atoms with E-state index in [-0.39, 0.29) is 11.6 Å². The maximum atomic E-state index is 12.7. The van der Waals surface area contributed by atoms with Crippen LogP contribution in [-0.4, -0.2) is 23.1 Å². The number of rotatable bonds is 8. The van der Waals surface area contributed by atoms with Crippen molar-refractivity contribution in [1.82, 2.24) is 9.97 Å². The van der Waals surface area contributed by atoms with Gasteiger partial charge in [0.1, 0.15) is 11.6 Å². The summed E-state index contributed by atoms with van der Waals surface area (Å²) in [6.45, 7) is 7.20. The molecule has 0 bridgehead atoms. The Morgan fingerprint density at radius 2 is 1.71 bits per heavy atom. The summed E-state index contributed by atoms with van der Waals surface area (Å²) in [6, 6.07) is 1.50. The Morgan fingerprint density at radius 3 is 2.24 bits per heavy atom. The molecule has 0 saturated carbocycles. The highest BCUT2D eigenvalue weighted by Gasteiger charge is 2.35. The van der Waals surface area contributed by atoms with E-state index in [1.807, 2.05) is 0 Å². The average molecular weight is 304 g/mol. The molecule has 7 heteroatoms. The molecule has 4 nitrogen and oxygen atoms in total. The molecule has 0 fully saturated rings. The molecule has 1 aromatic heterocycles. The number of unbranched alkanes of at least 4 members (excludes halogenated alkanes) is 1. The normalized spacial score (nSPS) is 11.8. The van der Waals surface area contributed by atoms with Crippen molar-refractivity contribution in [2.24, 2.45) is 5.92 Å². The fourth-order valence-corrected chi connectivity index (χ4v) is 1.83. The van der Waals surface area contributed by atoms with E-state index in [4.69, 9.17) is 0 Å². The predicted molar refractivity (Wildman–Crippen MR) is 78.4 cm³/mol. The van der Waals surface area contributed by atoms with Crippen LogP contribution in [0.5, 0.6) is 0 Å². The second-order valence-corrected chi connectivity index (χ2v) is 5.31. The topological polar surface area (TPSA) is 49.8 Å². The molecule has 0 saturated heterocycles. The molecule has 0 amide bonds. The summed E-state index contributed by atoms with van der Waals surface area (Å²) < 4.78 is 38.2. The molecule has 0 unspecified atom stereocenters. The highest BCUT2D eigenvalue weighted by atomic mass is 19.4. The van der Waals surface area contributed by atoms with Gasteiger partial charge in [0.15, 0.2) is 0 Å². The summed E-state index contributed by atoms with van der Waals surface area (Å²) in [5.41, 5.74) is 0. The number of anilines is 2. The Kier molecular flexibility index (Phi) is 6.71. The van der Waals surface area contributed by atoms with Crippen molar-refractivity contribution in [3.05, 3.63) is 11.9 Å². The van der Waals surface area contributed by atoms with Crippen molar-refractivity contribution < 1.29 is 13.2 Å². The van der Waals surface area contributed by atoms with Gasteiger partial charge in [-0.1, -0.05) is 26.7 Å². The van der Waals surface area contributed by atoms with Crippen molar-refractivity contribution >= 4 is 11.6 Å². The Balaban J connectivity index is 2.65. The molecule has 2 N–H and O–H groups in total. The van der Waals surface area contributed by atoms with Gasteiger partial charge >= 0.3 is 6.18 Å². The van der Waals surface area contributed by atoms with E-state index in [0.717, 1.165) is 19.3 Å². The van der Waals surface area contributed by atoms with E-state index >= 15 is 0 Å². The van der Waals surface area contributed by atoms with Crippen LogP contribution < -0.4 is 10.6 Å². The summed E-state index contributed by atoms with van der Waals surface area (Å²) in [7, 11) is 0. The van der Waals surface area contributed by atoms with Crippen molar-refractivity contribution in [3.63, 3.8) is 0 Å². The van der Waals surface area contributed by atoms with Crippen LogP contribution in [0.4, 0.5) is 24.8 Å². The first kappa shape index (κ1) is 17.5. The third-order valence-electron chi connectivity index (χ3n) is 2.85. The maximum Gasteiger partial charge on any atom is 0.451 e. The summed E-state index contributed by atoms with van der Waals surface area (Å²) in [5.74, 6) is -0.0887. The number of halogens is 3. The monoisotopic (exact) mass is 304 g/mol. The van der Waals surface area contributed by atoms with E-state index in [2.05, 4.69) is 34.4 Å². The first-order valence-corrected chi connectivity index (χ1v) is 7.27. The molecule has 0 aliphatic heterocycles. The Bertz CT molecular complexity index is 433. The van der Waals surface area contributed by atoms with Gasteiger partial charge in [0.05, 0.1) is 0 Å². The number of hydrogen-bond donors (Lipinski definition) is 2. The first-order valence-electron chi connectivity index (χ1n) is 7.27. The predicted octanol–water partition coefficient (Wildman–Crippen LogP) is 4.17. The minimum Gasteiger partial charge on any atom is -0.370 e. The molecule has 0 aliphatic carbocycles. The second kappa shape index (κ2) is 8.05. The van der Waals surface area contributed by atoms with Crippen LogP contribution in [0.3, 0.4) is 0 Å². The van der Waals surface area contributed by atoms with Gasteiger partial charge in [-0.2, -0.15) is 13.2 Å². The van der Waals surface area contributed by atoms with Gasteiger partial charge in [0, 0.05) is 19.2 Å². The number of nitrogens with zero attached hydrogens (tertiary/aromatic N) is 2. The second-order valence-electron chi connectivity index (χ2n) is 5.31. The highest BCUT2D eigenvalue weighted by Crippen LogP contribution is 2.28. The number of alkyl halides is 3. The molecule has 0 aliphatic rings. The fourth-order valence-electron chi connectivity index (χ4n) is 1.83. The van der Waals surface area contributed by atoms with Gasteiger partial charge in [-0.25, -0.2) is 9.97 Å². The lowest BCUT2D eigenvalue weighted by molar-refractivity contribution is -0.144. The molecular formula is C14H23F3N4. The highest BCUT2D eigenvalue weighted by molar-refractivity contribution is 5.47. The molecule has 0 atom stereocenters. The molecule has 1 heterocycles. The van der Waals surface area contributed by atoms with Crippen molar-refractivity contribution in [2.75, 3.05) is 23.7 Å². The van der Waals surface area contributed by atoms with Crippen LogP contribution in [0, 0.1) is 5.92 Å². The third kappa shape index (κ3) is 6.64. The van der Waals surface area contributed by atoms with Crippen LogP contribution in [0.15, 0.2) is 6.07 Å². The molecule has 120 valence electrons. The van der Waals surface area contributed by atoms with E-state index in [1.54, 1.807) is 6.92 Å². The van der Waals surface area contributed by atoms with Crippen molar-refractivity contribution in [3.8, 4) is 0 Å². The zero-order valence-corrected chi connectivity index (χ0v) is 12.7. The lowest BCUT2D eigenvalue weighted by Crippen LogP contribution is -2.15. The maximum absolute atomic E-state index is 12.7. The van der Waals surface area contributed by atoms with Crippen molar-refractivity contribution in [1.29, 1.82) is 0 Å². The minimum atomic E-state index is -4.54. The summed E-state index contributed by atoms with van der Waals surface area (Å²) in [5, 5.41) is 5.72. The third-order valence-corrected chi connectivity index (χ3v) is 2.85. The summed E-state index contributed by atoms with van der Waals surface area (Å²) >= 11 is 0. The van der Waals surface area contributed by atoms with E-state index < -0.39 is 12.0 Å². The molecule has 21 heavy (non-hydrogen) atoms. The Labute approximate surface area is 123 Å². The van der Waals surface area contributed by atoms with Gasteiger partial charge in [0.2, 0.25) is 5.82 Å². The number of hydrogen-bond acceptors (Lipinski definition) is 4. The molecule has 0 aromatic carbocycles. The molecule has 0 spiro atoms. The first-order chi connectivity index (χ1) is 9.82. The standard InChI is InChI=1S/C14H23F3N4/c1-4-18-11-9-12(19-8-6-5-7-10(2)3)21-13(20-11)14(15,16)17/h9-10H,4-8H2,1-3H3,(H2,18,19,20,21). The SMILES string of the molecule is CCNc1cc(NCCCCC(C)C)nc(C(F)(F)F)n1. The Hall–Kier alpha value is -1.53. The van der Waals surface area contributed by atoms with Crippen LogP contribution in [0.25, 0.3) is 0 Å². The van der Waals surface area contributed by atoms with Crippen LogP contribution >= 0.6 is 0 Å². The van der Waals surface area contributed by atoms with Crippen LogP contribution in [0.1, 0.15) is 45.9 Å². The summed E-state index contributed by atoms with van der Waals surface area (Å²) in [4.78, 5) is 7.01. The lowest BCUT2D eigenvalue weighted by Gasteiger charge is -2.12. The quantitative estimate of drug-likeness (QED) is 0.708. The zero-order valence-electron chi connectivity index (χ0n) is 12.7. The molecular weight excluding hydrogens is 281 g/mol. The largest absolute Gasteiger partial charge is 0.451 e. The summed E-state index contributed by atoms with van der Waals surface area (Å²) in [6.07, 6.45) is -1.48. The van der Waals surface area contributed by atoms with Gasteiger partial charge in [0.25, 0.3) is 0 Å². The van der Waals surface area contributed by atoms with Gasteiger partial charge in [-0.05, 0) is 19.3 Å². The number of aromatic nitrogens is 2. The van der Waals surface area contributed by atoms with E-state index in [9.17, 15) is 13.2 Å².